The summed E-state index contributed by atoms with van der Waals surface area (Å²) in [7, 11) is 1.64. The van der Waals surface area contributed by atoms with Gasteiger partial charge in [-0.15, -0.1) is 11.6 Å². The highest BCUT2D eigenvalue weighted by Crippen LogP contribution is 2.31. The molecule has 0 aromatic heterocycles. The van der Waals surface area contributed by atoms with Crippen LogP contribution < -0.4 is 10.1 Å². The van der Waals surface area contributed by atoms with Gasteiger partial charge in [0.1, 0.15) is 11.6 Å². The van der Waals surface area contributed by atoms with Crippen LogP contribution >= 0.6 is 11.6 Å². The largest absolute Gasteiger partial charge is 0.497 e. The van der Waals surface area contributed by atoms with Gasteiger partial charge in [0.25, 0.3) is 0 Å². The second-order valence-corrected chi connectivity index (χ2v) is 5.20. The number of hydrogen-bond acceptors (Lipinski definition) is 3. The molecular weight excluding hydrogens is 266 g/mol. The summed E-state index contributed by atoms with van der Waals surface area (Å²) in [5.41, 5.74) is 1.76. The van der Waals surface area contributed by atoms with Crippen LogP contribution in [0.2, 0.25) is 0 Å². The number of aryl methyl sites for hydroxylation is 1. The Morgan fingerprint density at radius 1 is 1.53 bits per heavy atom. The summed E-state index contributed by atoms with van der Waals surface area (Å²) >= 11 is 5.52. The maximum Gasteiger partial charge on any atom is 0.235 e. The number of amides is 1. The molecule has 0 radical (unpaired) electrons. The lowest BCUT2D eigenvalue weighted by Gasteiger charge is -2.37. The summed E-state index contributed by atoms with van der Waals surface area (Å²) in [6.45, 7) is -0.0822. The Bertz CT molecular complexity index is 478. The first-order valence-electron chi connectivity index (χ1n) is 6.26. The van der Waals surface area contributed by atoms with Crippen molar-refractivity contribution in [1.29, 1.82) is 0 Å². The Hall–Kier alpha value is -1.26. The fraction of sp³-hybridized carbons (Fsp3) is 0.500. The van der Waals surface area contributed by atoms with Crippen molar-refractivity contribution in [2.75, 3.05) is 19.6 Å². The maximum atomic E-state index is 11.5. The first kappa shape index (κ1) is 14.2. The van der Waals surface area contributed by atoms with Crippen LogP contribution in [-0.4, -0.2) is 36.1 Å². The van der Waals surface area contributed by atoms with Gasteiger partial charge in [-0.2, -0.15) is 0 Å². The molecule has 1 atom stereocenters. The molecule has 1 aromatic carbocycles. The lowest BCUT2D eigenvalue weighted by atomic mass is 9.78. The van der Waals surface area contributed by atoms with Gasteiger partial charge in [0, 0.05) is 0 Å². The smallest absolute Gasteiger partial charge is 0.235 e. The van der Waals surface area contributed by atoms with E-state index < -0.39 is 5.54 Å². The van der Waals surface area contributed by atoms with E-state index in [0.717, 1.165) is 17.7 Å². The van der Waals surface area contributed by atoms with Gasteiger partial charge in [-0.05, 0) is 42.5 Å². The number of halogens is 1. The molecule has 0 bridgehead atoms. The number of aliphatic hydroxyl groups is 1. The van der Waals surface area contributed by atoms with Gasteiger partial charge in [0.15, 0.2) is 0 Å². The van der Waals surface area contributed by atoms with Crippen LogP contribution in [0.1, 0.15) is 17.5 Å². The fourth-order valence-corrected chi connectivity index (χ4v) is 2.64. The van der Waals surface area contributed by atoms with Crippen molar-refractivity contribution in [3.05, 3.63) is 29.3 Å². The van der Waals surface area contributed by atoms with E-state index in [2.05, 4.69) is 5.32 Å². The second-order valence-electron chi connectivity index (χ2n) is 4.93. The predicted octanol–water partition coefficient (Wildman–Crippen LogP) is 1.27. The standard InChI is InChI=1S/C14H18ClNO3/c1-19-12-3-2-11-7-14(9-17,16-13(18)8-15)5-4-10(11)6-12/h2-3,6,17H,4-5,7-9H2,1H3,(H,16,18). The number of methoxy groups -OCH3 is 1. The van der Waals surface area contributed by atoms with Crippen molar-refractivity contribution in [1.82, 2.24) is 5.32 Å². The average Bonchev–Trinajstić information content (AvgIpc) is 2.46. The minimum atomic E-state index is -0.590. The monoisotopic (exact) mass is 283 g/mol. The molecule has 5 heteroatoms. The topological polar surface area (TPSA) is 58.6 Å². The zero-order chi connectivity index (χ0) is 13.9. The normalized spacial score (nSPS) is 21.6. The number of hydrogen-bond donors (Lipinski definition) is 2. The van der Waals surface area contributed by atoms with E-state index in [9.17, 15) is 9.90 Å². The van der Waals surface area contributed by atoms with Gasteiger partial charge in [-0.25, -0.2) is 0 Å². The van der Waals surface area contributed by atoms with Crippen LogP contribution in [0.3, 0.4) is 0 Å². The number of carbonyl (C=O) groups is 1. The molecule has 1 amide bonds. The predicted molar refractivity (Wildman–Crippen MR) is 73.7 cm³/mol. The number of carbonyl (C=O) groups excluding carboxylic acids is 1. The molecule has 19 heavy (non-hydrogen) atoms. The Kier molecular flexibility index (Phi) is 4.32. The summed E-state index contributed by atoms with van der Waals surface area (Å²) in [4.78, 5) is 11.5. The third-order valence-corrected chi connectivity index (χ3v) is 3.89. The molecule has 1 aliphatic rings. The fourth-order valence-electron chi connectivity index (χ4n) is 2.57. The molecule has 0 aliphatic heterocycles. The maximum absolute atomic E-state index is 11.5. The zero-order valence-corrected chi connectivity index (χ0v) is 11.7. The van der Waals surface area contributed by atoms with E-state index in [4.69, 9.17) is 16.3 Å². The Morgan fingerprint density at radius 3 is 2.95 bits per heavy atom. The molecule has 0 spiro atoms. The van der Waals surface area contributed by atoms with Crippen molar-refractivity contribution in [2.45, 2.75) is 24.8 Å². The number of fused-ring (bicyclic) bond motifs is 1. The molecule has 2 N–H and O–H groups in total. The van der Waals surface area contributed by atoms with E-state index in [1.807, 2.05) is 18.2 Å². The first-order valence-corrected chi connectivity index (χ1v) is 6.79. The molecular formula is C14H18ClNO3. The molecule has 1 aromatic rings. The SMILES string of the molecule is COc1ccc2c(c1)CCC(CO)(NC(=O)CCl)C2. The van der Waals surface area contributed by atoms with Crippen LogP contribution in [0, 0.1) is 0 Å². The molecule has 0 heterocycles. The van der Waals surface area contributed by atoms with E-state index in [1.54, 1.807) is 7.11 Å². The number of benzene rings is 1. The van der Waals surface area contributed by atoms with Crippen molar-refractivity contribution < 1.29 is 14.6 Å². The van der Waals surface area contributed by atoms with Gasteiger partial charge in [0.05, 0.1) is 19.3 Å². The lowest BCUT2D eigenvalue weighted by molar-refractivity contribution is -0.121. The van der Waals surface area contributed by atoms with Crippen LogP contribution in [0.4, 0.5) is 0 Å². The molecule has 4 nitrogen and oxygen atoms in total. The van der Waals surface area contributed by atoms with Crippen molar-refractivity contribution in [2.24, 2.45) is 0 Å². The van der Waals surface area contributed by atoms with Crippen LogP contribution in [0.5, 0.6) is 5.75 Å². The van der Waals surface area contributed by atoms with Gasteiger partial charge in [-0.1, -0.05) is 6.07 Å². The van der Waals surface area contributed by atoms with Crippen molar-refractivity contribution in [3.8, 4) is 5.75 Å². The Labute approximate surface area is 117 Å². The van der Waals surface area contributed by atoms with Gasteiger partial charge in [0.2, 0.25) is 5.91 Å². The summed E-state index contributed by atoms with van der Waals surface area (Å²) < 4.78 is 5.20. The number of rotatable bonds is 4. The highest BCUT2D eigenvalue weighted by molar-refractivity contribution is 6.27. The number of nitrogens with one attached hydrogen (secondary N) is 1. The van der Waals surface area contributed by atoms with E-state index in [-0.39, 0.29) is 18.4 Å². The summed E-state index contributed by atoms with van der Waals surface area (Å²) in [6, 6.07) is 5.90. The Morgan fingerprint density at radius 2 is 2.32 bits per heavy atom. The van der Waals surface area contributed by atoms with Crippen LogP contribution in [0.25, 0.3) is 0 Å². The molecule has 2 rings (SSSR count). The number of ether oxygens (including phenoxy) is 1. The third-order valence-electron chi connectivity index (χ3n) is 3.64. The minimum Gasteiger partial charge on any atom is -0.497 e. The van der Waals surface area contributed by atoms with Crippen LogP contribution in [0.15, 0.2) is 18.2 Å². The van der Waals surface area contributed by atoms with E-state index in [0.29, 0.717) is 12.8 Å². The Balaban J connectivity index is 2.21. The summed E-state index contributed by atoms with van der Waals surface area (Å²) in [5, 5.41) is 12.5. The van der Waals surface area contributed by atoms with E-state index >= 15 is 0 Å². The highest BCUT2D eigenvalue weighted by atomic mass is 35.5. The summed E-state index contributed by atoms with van der Waals surface area (Å²) in [6.07, 6.45) is 2.12. The first-order chi connectivity index (χ1) is 9.12. The minimum absolute atomic E-state index is 0.0822. The average molecular weight is 284 g/mol. The van der Waals surface area contributed by atoms with Gasteiger partial charge >= 0.3 is 0 Å². The number of aliphatic hydroxyl groups excluding tert-OH is 1. The molecule has 104 valence electrons. The van der Waals surface area contributed by atoms with Crippen molar-refractivity contribution in [3.63, 3.8) is 0 Å². The van der Waals surface area contributed by atoms with Crippen molar-refractivity contribution >= 4 is 17.5 Å². The highest BCUT2D eigenvalue weighted by Gasteiger charge is 2.35. The molecule has 1 aliphatic carbocycles. The lowest BCUT2D eigenvalue weighted by Crippen LogP contribution is -2.55. The third kappa shape index (κ3) is 3.01. The van der Waals surface area contributed by atoms with Gasteiger partial charge in [-0.3, -0.25) is 4.79 Å². The molecule has 0 saturated carbocycles. The quantitative estimate of drug-likeness (QED) is 0.818. The second kappa shape index (κ2) is 5.80. The molecule has 0 fully saturated rings. The molecule has 0 saturated heterocycles. The van der Waals surface area contributed by atoms with Crippen LogP contribution in [-0.2, 0) is 17.6 Å². The van der Waals surface area contributed by atoms with E-state index in [1.165, 1.54) is 5.56 Å². The molecule has 1 unspecified atom stereocenters. The number of alkyl halides is 1. The van der Waals surface area contributed by atoms with Gasteiger partial charge < -0.3 is 15.2 Å². The summed E-state index contributed by atoms with van der Waals surface area (Å²) in [5.74, 6) is 0.504. The zero-order valence-electron chi connectivity index (χ0n) is 10.9.